The Kier molecular flexibility index (Phi) is 6.44. The molecule has 0 amide bonds. The third kappa shape index (κ3) is 5.13. The zero-order chi connectivity index (χ0) is 15.9. The van der Waals surface area contributed by atoms with E-state index in [9.17, 15) is 5.11 Å². The highest BCUT2D eigenvalue weighted by molar-refractivity contribution is 6.30. The SMILES string of the molecule is CC(C)N(CCC(O)c1ccc(Cl)cc1)Cc1ccccc1. The molecule has 118 valence electrons. The molecule has 0 spiro atoms. The maximum absolute atomic E-state index is 10.3. The maximum Gasteiger partial charge on any atom is 0.0802 e. The lowest BCUT2D eigenvalue weighted by atomic mass is 10.1. The summed E-state index contributed by atoms with van der Waals surface area (Å²) in [4.78, 5) is 2.38. The molecular weight excluding hydrogens is 294 g/mol. The lowest BCUT2D eigenvalue weighted by molar-refractivity contribution is 0.127. The molecule has 2 aromatic rings. The Hall–Kier alpha value is -1.35. The topological polar surface area (TPSA) is 23.5 Å². The number of rotatable bonds is 7. The summed E-state index contributed by atoms with van der Waals surface area (Å²) in [5, 5.41) is 11.0. The van der Waals surface area contributed by atoms with Crippen molar-refractivity contribution in [1.82, 2.24) is 4.90 Å². The third-order valence-electron chi connectivity index (χ3n) is 3.90. The summed E-state index contributed by atoms with van der Waals surface area (Å²) < 4.78 is 0. The first kappa shape index (κ1) is 17.0. The Labute approximate surface area is 138 Å². The molecule has 0 saturated carbocycles. The molecule has 0 heterocycles. The molecule has 22 heavy (non-hydrogen) atoms. The normalized spacial score (nSPS) is 12.8. The lowest BCUT2D eigenvalue weighted by Gasteiger charge is -2.27. The highest BCUT2D eigenvalue weighted by atomic mass is 35.5. The van der Waals surface area contributed by atoms with Crippen LogP contribution in [0.3, 0.4) is 0 Å². The van der Waals surface area contributed by atoms with Gasteiger partial charge in [0.25, 0.3) is 0 Å². The van der Waals surface area contributed by atoms with Gasteiger partial charge in [0.2, 0.25) is 0 Å². The van der Waals surface area contributed by atoms with Gasteiger partial charge >= 0.3 is 0 Å². The number of benzene rings is 2. The predicted molar refractivity (Wildman–Crippen MR) is 93.0 cm³/mol. The van der Waals surface area contributed by atoms with Crippen LogP contribution in [0.2, 0.25) is 5.02 Å². The molecule has 0 aliphatic heterocycles. The van der Waals surface area contributed by atoms with E-state index in [-0.39, 0.29) is 0 Å². The summed E-state index contributed by atoms with van der Waals surface area (Å²) in [5.41, 5.74) is 2.23. The molecule has 1 atom stereocenters. The van der Waals surface area contributed by atoms with Crippen molar-refractivity contribution in [3.63, 3.8) is 0 Å². The van der Waals surface area contributed by atoms with Crippen LogP contribution in [0.25, 0.3) is 0 Å². The van der Waals surface area contributed by atoms with Crippen LogP contribution in [-0.4, -0.2) is 22.6 Å². The van der Waals surface area contributed by atoms with E-state index in [1.807, 2.05) is 30.3 Å². The molecule has 0 fully saturated rings. The summed E-state index contributed by atoms with van der Waals surface area (Å²) in [7, 11) is 0. The van der Waals surface area contributed by atoms with Crippen molar-refractivity contribution in [1.29, 1.82) is 0 Å². The van der Waals surface area contributed by atoms with E-state index in [2.05, 4.69) is 43.0 Å². The van der Waals surface area contributed by atoms with Gasteiger partial charge in [-0.1, -0.05) is 54.1 Å². The van der Waals surface area contributed by atoms with Crippen molar-refractivity contribution in [2.45, 2.75) is 39.0 Å². The fourth-order valence-corrected chi connectivity index (χ4v) is 2.60. The largest absolute Gasteiger partial charge is 0.388 e. The Bertz CT molecular complexity index is 553. The average molecular weight is 318 g/mol. The lowest BCUT2D eigenvalue weighted by Crippen LogP contribution is -2.32. The molecule has 2 aromatic carbocycles. The Morgan fingerprint density at radius 3 is 2.23 bits per heavy atom. The molecule has 0 aromatic heterocycles. The van der Waals surface area contributed by atoms with Crippen molar-refractivity contribution in [2.24, 2.45) is 0 Å². The van der Waals surface area contributed by atoms with Crippen LogP contribution in [0.4, 0.5) is 0 Å². The molecule has 2 rings (SSSR count). The van der Waals surface area contributed by atoms with Gasteiger partial charge in [0.1, 0.15) is 0 Å². The van der Waals surface area contributed by atoms with Crippen LogP contribution < -0.4 is 0 Å². The predicted octanol–water partition coefficient (Wildman–Crippen LogP) is 4.67. The zero-order valence-electron chi connectivity index (χ0n) is 13.2. The smallest absolute Gasteiger partial charge is 0.0802 e. The summed E-state index contributed by atoms with van der Waals surface area (Å²) in [6.07, 6.45) is 0.265. The zero-order valence-corrected chi connectivity index (χ0v) is 14.0. The van der Waals surface area contributed by atoms with Crippen LogP contribution in [0.5, 0.6) is 0 Å². The van der Waals surface area contributed by atoms with Crippen LogP contribution in [0.15, 0.2) is 54.6 Å². The number of hydrogen-bond acceptors (Lipinski definition) is 2. The second-order valence-electron chi connectivity index (χ2n) is 5.91. The third-order valence-corrected chi connectivity index (χ3v) is 4.16. The quantitative estimate of drug-likeness (QED) is 0.802. The second kappa shape index (κ2) is 8.33. The minimum Gasteiger partial charge on any atom is -0.388 e. The van der Waals surface area contributed by atoms with Gasteiger partial charge in [-0.3, -0.25) is 4.90 Å². The summed E-state index contributed by atoms with van der Waals surface area (Å²) in [5.74, 6) is 0. The second-order valence-corrected chi connectivity index (χ2v) is 6.34. The standard InChI is InChI=1S/C19H24ClNO/c1-15(2)21(14-16-6-4-3-5-7-16)13-12-19(22)17-8-10-18(20)11-9-17/h3-11,15,19,22H,12-14H2,1-2H3. The number of aliphatic hydroxyl groups is 1. The first-order chi connectivity index (χ1) is 10.6. The van der Waals surface area contributed by atoms with Crippen molar-refractivity contribution in [3.8, 4) is 0 Å². The molecule has 1 unspecified atom stereocenters. The average Bonchev–Trinajstić information content (AvgIpc) is 2.52. The minimum atomic E-state index is -0.450. The van der Waals surface area contributed by atoms with Crippen LogP contribution in [-0.2, 0) is 6.54 Å². The van der Waals surface area contributed by atoms with E-state index in [0.29, 0.717) is 17.5 Å². The summed E-state index contributed by atoms with van der Waals surface area (Å²) >= 11 is 5.89. The van der Waals surface area contributed by atoms with E-state index in [0.717, 1.165) is 18.7 Å². The van der Waals surface area contributed by atoms with E-state index >= 15 is 0 Å². The van der Waals surface area contributed by atoms with E-state index in [4.69, 9.17) is 11.6 Å². The molecule has 0 aliphatic carbocycles. The van der Waals surface area contributed by atoms with Gasteiger partial charge in [0, 0.05) is 24.2 Å². The minimum absolute atomic E-state index is 0.442. The molecule has 0 saturated heterocycles. The number of aliphatic hydroxyl groups excluding tert-OH is 1. The van der Waals surface area contributed by atoms with Crippen molar-refractivity contribution >= 4 is 11.6 Å². The van der Waals surface area contributed by atoms with Crippen molar-refractivity contribution in [3.05, 3.63) is 70.7 Å². The first-order valence-electron chi connectivity index (χ1n) is 7.78. The first-order valence-corrected chi connectivity index (χ1v) is 8.15. The van der Waals surface area contributed by atoms with Crippen molar-refractivity contribution in [2.75, 3.05) is 6.54 Å². The van der Waals surface area contributed by atoms with E-state index in [1.54, 1.807) is 0 Å². The summed E-state index contributed by atoms with van der Waals surface area (Å²) in [6.45, 7) is 6.15. The highest BCUT2D eigenvalue weighted by Crippen LogP contribution is 2.20. The Morgan fingerprint density at radius 1 is 1.00 bits per heavy atom. The molecule has 0 bridgehead atoms. The van der Waals surface area contributed by atoms with Crippen molar-refractivity contribution < 1.29 is 5.11 Å². The van der Waals surface area contributed by atoms with E-state index < -0.39 is 6.10 Å². The molecule has 3 heteroatoms. The van der Waals surface area contributed by atoms with Gasteiger partial charge < -0.3 is 5.11 Å². The Balaban J connectivity index is 1.92. The van der Waals surface area contributed by atoms with Gasteiger partial charge in [0.05, 0.1) is 6.10 Å². The molecule has 0 radical (unpaired) electrons. The summed E-state index contributed by atoms with van der Waals surface area (Å²) in [6, 6.07) is 18.3. The van der Waals surface area contributed by atoms with Crippen LogP contribution in [0.1, 0.15) is 37.5 Å². The molecule has 2 nitrogen and oxygen atoms in total. The molecule has 1 N–H and O–H groups in total. The Morgan fingerprint density at radius 2 is 1.64 bits per heavy atom. The fraction of sp³-hybridized carbons (Fsp3) is 0.368. The van der Waals surface area contributed by atoms with Gasteiger partial charge in [-0.2, -0.15) is 0 Å². The number of hydrogen-bond donors (Lipinski definition) is 1. The van der Waals surface area contributed by atoms with Gasteiger partial charge in [-0.15, -0.1) is 0 Å². The monoisotopic (exact) mass is 317 g/mol. The molecular formula is C19H24ClNO. The van der Waals surface area contributed by atoms with Gasteiger partial charge in [-0.05, 0) is 43.5 Å². The van der Waals surface area contributed by atoms with Crippen LogP contribution in [0, 0.1) is 0 Å². The molecule has 0 aliphatic rings. The maximum atomic E-state index is 10.3. The highest BCUT2D eigenvalue weighted by Gasteiger charge is 2.14. The van der Waals surface area contributed by atoms with Gasteiger partial charge in [0.15, 0.2) is 0 Å². The van der Waals surface area contributed by atoms with E-state index in [1.165, 1.54) is 5.56 Å². The number of nitrogens with zero attached hydrogens (tertiary/aromatic N) is 1. The van der Waals surface area contributed by atoms with Crippen LogP contribution >= 0.6 is 11.6 Å². The van der Waals surface area contributed by atoms with Gasteiger partial charge in [-0.25, -0.2) is 0 Å². The number of halogens is 1. The fourth-order valence-electron chi connectivity index (χ4n) is 2.48.